The third kappa shape index (κ3) is 3.83. The highest BCUT2D eigenvalue weighted by molar-refractivity contribution is 5.47. The quantitative estimate of drug-likeness (QED) is 0.673. The van der Waals surface area contributed by atoms with Crippen molar-refractivity contribution in [3.8, 4) is 0 Å². The Hall–Kier alpha value is -2.60. The average molecular weight is 382 g/mol. The van der Waals surface area contributed by atoms with E-state index in [0.717, 1.165) is 47.1 Å². The SMILES string of the molecule is CCN(CC)c1ccc(C(O)C(n2nc(C)cc2C)n2nc(C)cc2C)cc1. The maximum absolute atomic E-state index is 11.4. The van der Waals surface area contributed by atoms with Crippen molar-refractivity contribution in [3.63, 3.8) is 0 Å². The van der Waals surface area contributed by atoms with Crippen LogP contribution in [0.2, 0.25) is 0 Å². The second kappa shape index (κ2) is 8.19. The Morgan fingerprint density at radius 3 is 1.68 bits per heavy atom. The Morgan fingerprint density at radius 2 is 1.32 bits per heavy atom. The van der Waals surface area contributed by atoms with Crippen LogP contribution in [0.4, 0.5) is 5.69 Å². The molecule has 3 aromatic rings. The summed E-state index contributed by atoms with van der Waals surface area (Å²) in [5, 5.41) is 20.7. The van der Waals surface area contributed by atoms with Crippen LogP contribution < -0.4 is 4.90 Å². The standard InChI is InChI=1S/C22H31N5O/c1-7-25(8-2)20-11-9-19(10-12-20)21(28)22(26-17(5)13-15(3)23-26)27-18(6)14-16(4)24-27/h9-14,21-22,28H,7-8H2,1-6H3. The lowest BCUT2D eigenvalue weighted by Crippen LogP contribution is -2.29. The second-order valence-corrected chi connectivity index (χ2v) is 7.37. The van der Waals surface area contributed by atoms with Gasteiger partial charge in [-0.2, -0.15) is 10.2 Å². The van der Waals surface area contributed by atoms with Crippen LogP contribution in [0.5, 0.6) is 0 Å². The van der Waals surface area contributed by atoms with Crippen molar-refractivity contribution in [3.05, 3.63) is 64.7 Å². The van der Waals surface area contributed by atoms with Gasteiger partial charge in [0, 0.05) is 30.2 Å². The van der Waals surface area contributed by atoms with Gasteiger partial charge in [-0.05, 0) is 71.4 Å². The lowest BCUT2D eigenvalue weighted by molar-refractivity contribution is 0.0797. The molecule has 0 aliphatic heterocycles. The maximum atomic E-state index is 11.4. The van der Waals surface area contributed by atoms with Crippen molar-refractivity contribution >= 4 is 5.69 Å². The molecule has 0 saturated carbocycles. The van der Waals surface area contributed by atoms with E-state index in [1.54, 1.807) is 0 Å². The van der Waals surface area contributed by atoms with Gasteiger partial charge in [0.2, 0.25) is 0 Å². The van der Waals surface area contributed by atoms with Gasteiger partial charge in [-0.25, -0.2) is 9.36 Å². The molecule has 0 saturated heterocycles. The number of aliphatic hydroxyl groups excluding tert-OH is 1. The predicted molar refractivity (Wildman–Crippen MR) is 113 cm³/mol. The van der Waals surface area contributed by atoms with Crippen molar-refractivity contribution < 1.29 is 5.11 Å². The van der Waals surface area contributed by atoms with E-state index in [2.05, 4.69) is 41.1 Å². The van der Waals surface area contributed by atoms with Gasteiger partial charge in [0.15, 0.2) is 6.17 Å². The average Bonchev–Trinajstić information content (AvgIpc) is 3.17. The largest absolute Gasteiger partial charge is 0.384 e. The van der Waals surface area contributed by atoms with Gasteiger partial charge in [-0.15, -0.1) is 0 Å². The molecule has 0 radical (unpaired) electrons. The molecule has 0 amide bonds. The van der Waals surface area contributed by atoms with Gasteiger partial charge >= 0.3 is 0 Å². The van der Waals surface area contributed by atoms with E-state index in [1.807, 2.05) is 61.3 Å². The third-order valence-corrected chi connectivity index (χ3v) is 5.24. The number of hydrogen-bond donors (Lipinski definition) is 1. The van der Waals surface area contributed by atoms with E-state index >= 15 is 0 Å². The number of aliphatic hydroxyl groups is 1. The van der Waals surface area contributed by atoms with Crippen LogP contribution >= 0.6 is 0 Å². The highest BCUT2D eigenvalue weighted by atomic mass is 16.3. The van der Waals surface area contributed by atoms with E-state index in [1.165, 1.54) is 0 Å². The summed E-state index contributed by atoms with van der Waals surface area (Å²) in [6.07, 6.45) is -1.22. The molecule has 150 valence electrons. The Balaban J connectivity index is 2.03. The molecule has 2 heterocycles. The van der Waals surface area contributed by atoms with Gasteiger partial charge in [-0.1, -0.05) is 12.1 Å². The lowest BCUT2D eigenvalue weighted by atomic mass is 10.1. The van der Waals surface area contributed by atoms with Crippen LogP contribution in [0.3, 0.4) is 0 Å². The molecule has 1 aromatic carbocycles. The molecule has 3 rings (SSSR count). The molecule has 0 fully saturated rings. The topological polar surface area (TPSA) is 59.1 Å². The fraction of sp³-hybridized carbons (Fsp3) is 0.455. The van der Waals surface area contributed by atoms with Crippen LogP contribution in [0.1, 0.15) is 54.5 Å². The zero-order chi connectivity index (χ0) is 20.4. The van der Waals surface area contributed by atoms with Crippen LogP contribution in [0, 0.1) is 27.7 Å². The smallest absolute Gasteiger partial charge is 0.173 e. The zero-order valence-corrected chi connectivity index (χ0v) is 17.7. The Kier molecular flexibility index (Phi) is 5.89. The van der Waals surface area contributed by atoms with Gasteiger partial charge in [0.1, 0.15) is 6.10 Å². The summed E-state index contributed by atoms with van der Waals surface area (Å²) >= 11 is 0. The molecule has 1 N–H and O–H groups in total. The number of aryl methyl sites for hydroxylation is 4. The van der Waals surface area contributed by atoms with Crippen LogP contribution in [-0.4, -0.2) is 37.8 Å². The first-order valence-corrected chi connectivity index (χ1v) is 9.94. The van der Waals surface area contributed by atoms with E-state index in [4.69, 9.17) is 0 Å². The van der Waals surface area contributed by atoms with Crippen molar-refractivity contribution in [2.75, 3.05) is 18.0 Å². The number of rotatable bonds is 7. The Bertz CT molecular complexity index is 875. The minimum atomic E-state index is -0.776. The summed E-state index contributed by atoms with van der Waals surface area (Å²) in [5.74, 6) is 0. The van der Waals surface area contributed by atoms with Crippen molar-refractivity contribution in [2.24, 2.45) is 0 Å². The van der Waals surface area contributed by atoms with Crippen LogP contribution in [0.15, 0.2) is 36.4 Å². The molecule has 0 aliphatic carbocycles. The number of aromatic nitrogens is 4. The molecule has 6 nitrogen and oxygen atoms in total. The van der Waals surface area contributed by atoms with Crippen LogP contribution in [-0.2, 0) is 0 Å². The summed E-state index contributed by atoms with van der Waals surface area (Å²) < 4.78 is 3.75. The van der Waals surface area contributed by atoms with Gasteiger partial charge in [0.25, 0.3) is 0 Å². The molecular weight excluding hydrogens is 350 g/mol. The summed E-state index contributed by atoms with van der Waals surface area (Å²) in [5.41, 5.74) is 5.85. The Labute approximate surface area is 167 Å². The van der Waals surface area contributed by atoms with E-state index in [-0.39, 0.29) is 0 Å². The van der Waals surface area contributed by atoms with E-state index < -0.39 is 12.3 Å². The summed E-state index contributed by atoms with van der Waals surface area (Å²) in [6.45, 7) is 14.2. The molecule has 0 spiro atoms. The maximum Gasteiger partial charge on any atom is 0.173 e. The lowest BCUT2D eigenvalue weighted by Gasteiger charge is -2.27. The molecule has 0 aliphatic rings. The summed E-state index contributed by atoms with van der Waals surface area (Å²) in [7, 11) is 0. The number of nitrogens with zero attached hydrogens (tertiary/aromatic N) is 5. The third-order valence-electron chi connectivity index (χ3n) is 5.24. The van der Waals surface area contributed by atoms with Crippen molar-refractivity contribution in [1.82, 2.24) is 19.6 Å². The van der Waals surface area contributed by atoms with Gasteiger partial charge in [0.05, 0.1) is 11.4 Å². The minimum Gasteiger partial charge on any atom is -0.384 e. The van der Waals surface area contributed by atoms with Crippen LogP contribution in [0.25, 0.3) is 0 Å². The fourth-order valence-corrected chi connectivity index (χ4v) is 3.84. The summed E-state index contributed by atoms with van der Waals surface area (Å²) in [4.78, 5) is 2.29. The number of benzene rings is 1. The first-order chi connectivity index (χ1) is 13.3. The minimum absolute atomic E-state index is 0.443. The molecule has 0 bridgehead atoms. The second-order valence-electron chi connectivity index (χ2n) is 7.37. The molecule has 1 atom stereocenters. The monoisotopic (exact) mass is 381 g/mol. The van der Waals surface area contributed by atoms with Crippen molar-refractivity contribution in [1.29, 1.82) is 0 Å². The predicted octanol–water partition coefficient (Wildman–Crippen LogP) is 3.94. The highest BCUT2D eigenvalue weighted by Crippen LogP contribution is 2.31. The first kappa shape index (κ1) is 20.1. The van der Waals surface area contributed by atoms with Gasteiger partial charge in [-0.3, -0.25) is 0 Å². The molecule has 2 aromatic heterocycles. The number of anilines is 1. The first-order valence-electron chi connectivity index (χ1n) is 9.94. The molecule has 28 heavy (non-hydrogen) atoms. The molecule has 6 heteroatoms. The normalized spacial score (nSPS) is 12.6. The molecular formula is C22H31N5O. The van der Waals surface area contributed by atoms with E-state index in [0.29, 0.717) is 0 Å². The summed E-state index contributed by atoms with van der Waals surface area (Å²) in [6, 6.07) is 12.2. The molecule has 1 unspecified atom stereocenters. The highest BCUT2D eigenvalue weighted by Gasteiger charge is 2.28. The van der Waals surface area contributed by atoms with E-state index in [9.17, 15) is 5.11 Å². The fourth-order valence-electron chi connectivity index (χ4n) is 3.84. The van der Waals surface area contributed by atoms with Gasteiger partial charge < -0.3 is 10.0 Å². The number of hydrogen-bond acceptors (Lipinski definition) is 4. The van der Waals surface area contributed by atoms with Crippen molar-refractivity contribution in [2.45, 2.75) is 53.8 Å². The Morgan fingerprint density at radius 1 is 0.857 bits per heavy atom. The zero-order valence-electron chi connectivity index (χ0n) is 17.7.